The quantitative estimate of drug-likeness (QED) is 0.594. The first-order valence-electron chi connectivity index (χ1n) is 7.17. The Balaban J connectivity index is 1.95. The number of nitrogens with one attached hydrogen (secondary N) is 1. The Bertz CT molecular complexity index is 784. The average Bonchev–Trinajstić information content (AvgIpc) is 2.89. The van der Waals surface area contributed by atoms with E-state index in [9.17, 15) is 10.0 Å². The van der Waals surface area contributed by atoms with Crippen LogP contribution in [0.4, 0.5) is 5.82 Å². The van der Waals surface area contributed by atoms with E-state index in [4.69, 9.17) is 0 Å². The number of pyridine rings is 1. The molecule has 2 unspecified atom stereocenters. The lowest BCUT2D eigenvalue weighted by Gasteiger charge is -2.24. The van der Waals surface area contributed by atoms with Gasteiger partial charge in [0.25, 0.3) is 5.82 Å². The Hall–Kier alpha value is -2.36. The Morgan fingerprint density at radius 3 is 3.00 bits per heavy atom. The molecule has 21 heavy (non-hydrogen) atoms. The summed E-state index contributed by atoms with van der Waals surface area (Å²) < 4.78 is 0.753. The van der Waals surface area contributed by atoms with Gasteiger partial charge >= 0.3 is 5.91 Å². The highest BCUT2D eigenvalue weighted by atomic mass is 16.5. The largest absolute Gasteiger partial charge is 0.711 e. The summed E-state index contributed by atoms with van der Waals surface area (Å²) in [5.41, 5.74) is 3.81. The van der Waals surface area contributed by atoms with Gasteiger partial charge in [0.1, 0.15) is 5.41 Å². The van der Waals surface area contributed by atoms with Crippen molar-refractivity contribution >= 4 is 11.7 Å². The molecule has 106 valence electrons. The van der Waals surface area contributed by atoms with Crippen molar-refractivity contribution < 1.29 is 9.52 Å². The van der Waals surface area contributed by atoms with Crippen LogP contribution in [0.1, 0.15) is 35.1 Å². The van der Waals surface area contributed by atoms with Crippen LogP contribution in [-0.4, -0.2) is 5.91 Å². The molecule has 2 atom stereocenters. The summed E-state index contributed by atoms with van der Waals surface area (Å²) >= 11 is 0. The van der Waals surface area contributed by atoms with Crippen LogP contribution in [0.2, 0.25) is 0 Å². The maximum absolute atomic E-state index is 12.7. The summed E-state index contributed by atoms with van der Waals surface area (Å²) in [6, 6.07) is 9.97. The Labute approximate surface area is 123 Å². The monoisotopic (exact) mass is 280 g/mol. The molecular weight excluding hydrogens is 264 g/mol. The minimum Gasteiger partial charge on any atom is -0.711 e. The zero-order valence-electron chi connectivity index (χ0n) is 12.0. The Morgan fingerprint density at radius 2 is 2.19 bits per heavy atom. The lowest BCUT2D eigenvalue weighted by Crippen LogP contribution is -2.37. The fourth-order valence-corrected chi connectivity index (χ4v) is 3.95. The molecule has 1 aromatic carbocycles. The fourth-order valence-electron chi connectivity index (χ4n) is 3.95. The molecular formula is C17H16N2O2. The van der Waals surface area contributed by atoms with E-state index in [-0.39, 0.29) is 11.8 Å². The van der Waals surface area contributed by atoms with Crippen molar-refractivity contribution in [1.29, 1.82) is 0 Å². The molecule has 0 fully saturated rings. The summed E-state index contributed by atoms with van der Waals surface area (Å²) in [4.78, 5) is 12.7. The molecule has 2 heterocycles. The predicted octanol–water partition coefficient (Wildman–Crippen LogP) is 2.18. The Kier molecular flexibility index (Phi) is 2.27. The molecule has 1 spiro atoms. The van der Waals surface area contributed by atoms with E-state index in [0.29, 0.717) is 12.2 Å². The van der Waals surface area contributed by atoms with Crippen molar-refractivity contribution in [2.45, 2.75) is 31.6 Å². The van der Waals surface area contributed by atoms with Gasteiger partial charge in [0, 0.05) is 5.92 Å². The minimum atomic E-state index is -0.640. The molecule has 2 aliphatic rings. The highest BCUT2D eigenvalue weighted by molar-refractivity contribution is 6.06. The van der Waals surface area contributed by atoms with E-state index in [0.717, 1.165) is 10.3 Å². The zero-order valence-corrected chi connectivity index (χ0v) is 12.0. The third-order valence-electron chi connectivity index (χ3n) is 5.05. The highest BCUT2D eigenvalue weighted by Gasteiger charge is 2.59. The molecule has 4 heteroatoms. The summed E-state index contributed by atoms with van der Waals surface area (Å²) in [6.45, 7) is 4.14. The second-order valence-electron chi connectivity index (χ2n) is 6.12. The third kappa shape index (κ3) is 1.39. The molecule has 2 aromatic rings. The number of aromatic nitrogens is 1. The summed E-state index contributed by atoms with van der Waals surface area (Å²) in [7, 11) is 0. The zero-order chi connectivity index (χ0) is 14.8. The van der Waals surface area contributed by atoms with Crippen LogP contribution in [0.5, 0.6) is 0 Å². The molecule has 1 aliphatic carbocycles. The number of benzene rings is 1. The van der Waals surface area contributed by atoms with Gasteiger partial charge in [-0.1, -0.05) is 30.7 Å². The van der Waals surface area contributed by atoms with Crippen LogP contribution in [-0.2, 0) is 16.6 Å². The first-order chi connectivity index (χ1) is 10.0. The standard InChI is InChI=1S/C17H16N2O2/c1-10-5-6-13-11(2)17(9-12(13)8-10)14-4-3-7-19(21)15(14)18-16(17)20/h3-8,11H,9H2,1-2H3,(H,18,20). The molecule has 1 aliphatic heterocycles. The van der Waals surface area contributed by atoms with E-state index in [1.807, 2.05) is 6.07 Å². The van der Waals surface area contributed by atoms with Crippen LogP contribution in [0.25, 0.3) is 0 Å². The number of amides is 1. The molecule has 0 saturated heterocycles. The first kappa shape index (κ1) is 12.4. The van der Waals surface area contributed by atoms with Gasteiger partial charge in [-0.2, -0.15) is 0 Å². The van der Waals surface area contributed by atoms with Crippen LogP contribution in [0.15, 0.2) is 36.5 Å². The minimum absolute atomic E-state index is 0.0605. The molecule has 0 radical (unpaired) electrons. The van der Waals surface area contributed by atoms with Gasteiger partial charge in [0.15, 0.2) is 0 Å². The van der Waals surface area contributed by atoms with Crippen molar-refractivity contribution in [3.63, 3.8) is 0 Å². The van der Waals surface area contributed by atoms with Gasteiger partial charge in [0.05, 0.1) is 11.8 Å². The summed E-state index contributed by atoms with van der Waals surface area (Å²) in [6.07, 6.45) is 2.09. The van der Waals surface area contributed by atoms with Crippen LogP contribution in [0.3, 0.4) is 0 Å². The fraction of sp³-hybridized carbons (Fsp3) is 0.294. The van der Waals surface area contributed by atoms with Gasteiger partial charge in [-0.3, -0.25) is 0 Å². The SMILES string of the molecule is Cc1ccc2c(c1)CC1(C(=O)Nc3c1ccc[n+]3[O-])C2C. The second kappa shape index (κ2) is 3.85. The lowest BCUT2D eigenvalue weighted by molar-refractivity contribution is -0.590. The maximum Gasteiger partial charge on any atom is 0.319 e. The number of anilines is 1. The van der Waals surface area contributed by atoms with Crippen molar-refractivity contribution in [2.24, 2.45) is 0 Å². The number of nitrogens with zero attached hydrogens (tertiary/aromatic N) is 1. The van der Waals surface area contributed by atoms with Crippen LogP contribution in [0, 0.1) is 12.1 Å². The molecule has 1 aromatic heterocycles. The number of hydrogen-bond acceptors (Lipinski definition) is 2. The average molecular weight is 280 g/mol. The lowest BCUT2D eigenvalue weighted by atomic mass is 9.73. The van der Waals surface area contributed by atoms with E-state index >= 15 is 0 Å². The number of rotatable bonds is 0. The first-order valence-corrected chi connectivity index (χ1v) is 7.17. The third-order valence-corrected chi connectivity index (χ3v) is 5.05. The van der Waals surface area contributed by atoms with Gasteiger partial charge in [0.2, 0.25) is 0 Å². The van der Waals surface area contributed by atoms with E-state index < -0.39 is 5.41 Å². The normalized spacial score (nSPS) is 25.8. The summed E-state index contributed by atoms with van der Waals surface area (Å²) in [5.74, 6) is 0.394. The number of carbonyl (C=O) groups is 1. The molecule has 4 rings (SSSR count). The number of aryl methyl sites for hydroxylation is 1. The van der Waals surface area contributed by atoms with E-state index in [2.05, 4.69) is 37.4 Å². The van der Waals surface area contributed by atoms with Crippen molar-refractivity contribution in [2.75, 3.05) is 5.32 Å². The molecule has 1 N–H and O–H groups in total. The van der Waals surface area contributed by atoms with Gasteiger partial charge in [-0.05, 0) is 36.6 Å². The number of fused-ring (bicyclic) bond motifs is 3. The van der Waals surface area contributed by atoms with Gasteiger partial charge in [-0.25, -0.2) is 14.8 Å². The molecule has 1 amide bonds. The van der Waals surface area contributed by atoms with Crippen molar-refractivity contribution in [1.82, 2.24) is 0 Å². The van der Waals surface area contributed by atoms with Crippen molar-refractivity contribution in [3.8, 4) is 0 Å². The van der Waals surface area contributed by atoms with E-state index in [1.54, 1.807) is 6.07 Å². The van der Waals surface area contributed by atoms with Gasteiger partial charge in [-0.15, -0.1) is 0 Å². The van der Waals surface area contributed by atoms with E-state index in [1.165, 1.54) is 22.9 Å². The smallest absolute Gasteiger partial charge is 0.319 e. The molecule has 0 saturated carbocycles. The summed E-state index contributed by atoms with van der Waals surface area (Å²) in [5, 5.41) is 14.7. The predicted molar refractivity (Wildman–Crippen MR) is 79.0 cm³/mol. The molecule has 0 bridgehead atoms. The topological polar surface area (TPSA) is 56.0 Å². The van der Waals surface area contributed by atoms with Crippen LogP contribution < -0.4 is 10.0 Å². The number of carbonyl (C=O) groups excluding carboxylic acids is 1. The van der Waals surface area contributed by atoms with Crippen molar-refractivity contribution in [3.05, 3.63) is 64.0 Å². The van der Waals surface area contributed by atoms with Crippen LogP contribution >= 0.6 is 0 Å². The molecule has 4 nitrogen and oxygen atoms in total. The highest BCUT2D eigenvalue weighted by Crippen LogP contribution is 2.53. The Morgan fingerprint density at radius 1 is 1.38 bits per heavy atom. The number of hydrogen-bond donors (Lipinski definition) is 1. The maximum atomic E-state index is 12.7. The second-order valence-corrected chi connectivity index (χ2v) is 6.12. The van der Waals surface area contributed by atoms with Gasteiger partial charge < -0.3 is 5.21 Å².